The number of rotatable bonds is 5. The number of ether oxygens (including phenoxy) is 2. The van der Waals surface area contributed by atoms with Crippen LogP contribution in [0.1, 0.15) is 28.5 Å². The van der Waals surface area contributed by atoms with E-state index in [4.69, 9.17) is 14.0 Å². The Labute approximate surface area is 171 Å². The number of carbonyl (C=O) groups is 1. The fourth-order valence-electron chi connectivity index (χ4n) is 3.16. The first-order valence-electron chi connectivity index (χ1n) is 8.91. The Kier molecular flexibility index (Phi) is 5.09. The molecular weight excluding hydrogens is 424 g/mol. The van der Waals surface area contributed by atoms with E-state index in [0.717, 1.165) is 17.7 Å². The van der Waals surface area contributed by atoms with Gasteiger partial charge < -0.3 is 19.3 Å². The van der Waals surface area contributed by atoms with Crippen molar-refractivity contribution < 1.29 is 18.8 Å². The number of nitrogens with one attached hydrogen (secondary N) is 1. The van der Waals surface area contributed by atoms with Crippen LogP contribution < -0.4 is 14.8 Å². The third-order valence-electron chi connectivity index (χ3n) is 4.59. The quantitative estimate of drug-likeness (QED) is 0.634. The normalized spacial score (nSPS) is 15.0. The molecule has 0 saturated heterocycles. The van der Waals surface area contributed by atoms with E-state index in [2.05, 4.69) is 39.4 Å². The molecule has 28 heavy (non-hydrogen) atoms. The Balaban J connectivity index is 1.44. The number of fused-ring (bicyclic) bond motifs is 1. The summed E-state index contributed by atoms with van der Waals surface area (Å²) in [6.45, 7) is 2.31. The Bertz CT molecular complexity index is 1030. The molecule has 0 saturated carbocycles. The molecule has 2 aromatic carbocycles. The molecule has 0 fully saturated rings. The molecule has 2 heterocycles. The maximum Gasteiger partial charge on any atom is 0.252 e. The number of hydrogen-bond acceptors (Lipinski definition) is 5. The summed E-state index contributed by atoms with van der Waals surface area (Å²) in [6.07, 6.45) is 1.12. The minimum Gasteiger partial charge on any atom is -0.497 e. The van der Waals surface area contributed by atoms with E-state index in [9.17, 15) is 4.79 Å². The topological polar surface area (TPSA) is 73.6 Å². The van der Waals surface area contributed by atoms with Gasteiger partial charge in [0, 0.05) is 22.5 Å². The molecule has 4 rings (SSSR count). The molecule has 1 atom stereocenters. The predicted octanol–water partition coefficient (Wildman–Crippen LogP) is 4.37. The average molecular weight is 443 g/mol. The van der Waals surface area contributed by atoms with Crippen molar-refractivity contribution >= 4 is 21.8 Å². The van der Waals surface area contributed by atoms with Crippen molar-refractivity contribution in [3.8, 4) is 22.8 Å². The zero-order valence-electron chi connectivity index (χ0n) is 15.5. The summed E-state index contributed by atoms with van der Waals surface area (Å²) in [5.41, 5.74) is 3.23. The van der Waals surface area contributed by atoms with Gasteiger partial charge in [-0.3, -0.25) is 4.79 Å². The minimum atomic E-state index is -0.227. The SMILES string of the molecule is COc1ccc(Br)c(C(=O)NCc2cc(-c3ccc4c(c3)OC(C)C4)on2)c1. The van der Waals surface area contributed by atoms with Crippen molar-refractivity contribution in [1.82, 2.24) is 10.5 Å². The molecular formula is C21H19BrN2O4. The van der Waals surface area contributed by atoms with Gasteiger partial charge in [0.15, 0.2) is 5.76 Å². The second-order valence-electron chi connectivity index (χ2n) is 6.67. The van der Waals surface area contributed by atoms with Crippen LogP contribution in [0.3, 0.4) is 0 Å². The number of benzene rings is 2. The first-order chi connectivity index (χ1) is 13.5. The van der Waals surface area contributed by atoms with Crippen LogP contribution in [0.5, 0.6) is 11.5 Å². The smallest absolute Gasteiger partial charge is 0.252 e. The van der Waals surface area contributed by atoms with Crippen LogP contribution in [0.2, 0.25) is 0 Å². The van der Waals surface area contributed by atoms with Gasteiger partial charge in [-0.25, -0.2) is 0 Å². The second kappa shape index (κ2) is 7.67. The Morgan fingerprint density at radius 1 is 1.29 bits per heavy atom. The van der Waals surface area contributed by atoms with Crippen molar-refractivity contribution in [1.29, 1.82) is 0 Å². The molecule has 1 aliphatic rings. The maximum absolute atomic E-state index is 12.5. The van der Waals surface area contributed by atoms with Gasteiger partial charge in [0.1, 0.15) is 23.3 Å². The highest BCUT2D eigenvalue weighted by atomic mass is 79.9. The highest BCUT2D eigenvalue weighted by Crippen LogP contribution is 2.33. The summed E-state index contributed by atoms with van der Waals surface area (Å²) in [7, 11) is 1.56. The molecule has 0 bridgehead atoms. The Morgan fingerprint density at radius 2 is 2.14 bits per heavy atom. The summed E-state index contributed by atoms with van der Waals surface area (Å²) in [5.74, 6) is 1.91. The average Bonchev–Trinajstić information content (AvgIpc) is 3.31. The monoisotopic (exact) mass is 442 g/mol. The van der Waals surface area contributed by atoms with Crippen molar-refractivity contribution in [2.24, 2.45) is 0 Å². The number of hydrogen-bond donors (Lipinski definition) is 1. The fraction of sp³-hybridized carbons (Fsp3) is 0.238. The van der Waals surface area contributed by atoms with Crippen molar-refractivity contribution in [3.63, 3.8) is 0 Å². The molecule has 1 unspecified atom stereocenters. The van der Waals surface area contributed by atoms with Crippen LogP contribution >= 0.6 is 15.9 Å². The molecule has 3 aromatic rings. The van der Waals surface area contributed by atoms with Gasteiger partial charge in [-0.05, 0) is 52.7 Å². The van der Waals surface area contributed by atoms with Gasteiger partial charge in [-0.2, -0.15) is 0 Å². The number of amides is 1. The number of methoxy groups -OCH3 is 1. The highest BCUT2D eigenvalue weighted by Gasteiger charge is 2.20. The van der Waals surface area contributed by atoms with Gasteiger partial charge in [-0.15, -0.1) is 0 Å². The lowest BCUT2D eigenvalue weighted by atomic mass is 10.1. The van der Waals surface area contributed by atoms with E-state index in [1.807, 2.05) is 18.2 Å². The largest absolute Gasteiger partial charge is 0.497 e. The van der Waals surface area contributed by atoms with Crippen LogP contribution in [-0.4, -0.2) is 24.3 Å². The second-order valence-corrected chi connectivity index (χ2v) is 7.52. The number of nitrogens with zero attached hydrogens (tertiary/aromatic N) is 1. The van der Waals surface area contributed by atoms with E-state index in [1.54, 1.807) is 25.3 Å². The lowest BCUT2D eigenvalue weighted by Gasteiger charge is -2.07. The van der Waals surface area contributed by atoms with E-state index >= 15 is 0 Å². The molecule has 0 radical (unpaired) electrons. The van der Waals surface area contributed by atoms with E-state index in [1.165, 1.54) is 5.56 Å². The molecule has 144 valence electrons. The summed E-state index contributed by atoms with van der Waals surface area (Å²) < 4.78 is 17.1. The van der Waals surface area contributed by atoms with E-state index in [-0.39, 0.29) is 18.6 Å². The van der Waals surface area contributed by atoms with Gasteiger partial charge in [0.25, 0.3) is 5.91 Å². The van der Waals surface area contributed by atoms with Crippen molar-refractivity contribution in [2.45, 2.75) is 26.0 Å². The number of halogens is 1. The summed E-state index contributed by atoms with van der Waals surface area (Å²) in [4.78, 5) is 12.5. The zero-order valence-corrected chi connectivity index (χ0v) is 17.1. The zero-order chi connectivity index (χ0) is 19.7. The van der Waals surface area contributed by atoms with Crippen molar-refractivity contribution in [3.05, 3.63) is 63.8 Å². The molecule has 1 aromatic heterocycles. The predicted molar refractivity (Wildman–Crippen MR) is 108 cm³/mol. The Morgan fingerprint density at radius 3 is 2.96 bits per heavy atom. The van der Waals surface area contributed by atoms with Crippen LogP contribution in [0.15, 0.2) is 51.5 Å². The lowest BCUT2D eigenvalue weighted by molar-refractivity contribution is 0.0949. The summed E-state index contributed by atoms with van der Waals surface area (Å²) in [6, 6.07) is 13.1. The van der Waals surface area contributed by atoms with Gasteiger partial charge in [-0.1, -0.05) is 17.3 Å². The number of carbonyl (C=O) groups excluding carboxylic acids is 1. The maximum atomic E-state index is 12.5. The third-order valence-corrected chi connectivity index (χ3v) is 5.29. The summed E-state index contributed by atoms with van der Waals surface area (Å²) in [5, 5.41) is 6.90. The molecule has 0 spiro atoms. The molecule has 1 N–H and O–H groups in total. The molecule has 7 heteroatoms. The van der Waals surface area contributed by atoms with Crippen LogP contribution in [0, 0.1) is 0 Å². The fourth-order valence-corrected chi connectivity index (χ4v) is 3.58. The lowest BCUT2D eigenvalue weighted by Crippen LogP contribution is -2.23. The highest BCUT2D eigenvalue weighted by molar-refractivity contribution is 9.10. The van der Waals surface area contributed by atoms with Crippen LogP contribution in [0.4, 0.5) is 0 Å². The van der Waals surface area contributed by atoms with Gasteiger partial charge >= 0.3 is 0 Å². The summed E-state index contributed by atoms with van der Waals surface area (Å²) >= 11 is 3.39. The van der Waals surface area contributed by atoms with Gasteiger partial charge in [0.2, 0.25) is 0 Å². The van der Waals surface area contributed by atoms with Crippen LogP contribution in [0.25, 0.3) is 11.3 Å². The number of aromatic nitrogens is 1. The first kappa shape index (κ1) is 18.6. The van der Waals surface area contributed by atoms with Crippen LogP contribution in [-0.2, 0) is 13.0 Å². The molecule has 0 aliphatic carbocycles. The van der Waals surface area contributed by atoms with E-state index < -0.39 is 0 Å². The third kappa shape index (κ3) is 3.75. The Hall–Kier alpha value is -2.80. The minimum absolute atomic E-state index is 0.196. The van der Waals surface area contributed by atoms with Gasteiger partial charge in [0.05, 0.1) is 19.2 Å². The standard InChI is InChI=1S/C21H19BrN2O4/c1-12-7-13-3-4-14(8-19(13)27-12)20-9-15(24-28-20)11-23-21(25)17-10-16(26-2)5-6-18(17)22/h3-6,8-10,12H,7,11H2,1-2H3,(H,23,25). The molecule has 1 amide bonds. The molecule has 6 nitrogen and oxygen atoms in total. The molecule has 1 aliphatic heterocycles. The van der Waals surface area contributed by atoms with Crippen molar-refractivity contribution in [2.75, 3.05) is 7.11 Å². The first-order valence-corrected chi connectivity index (χ1v) is 9.70. The van der Waals surface area contributed by atoms with E-state index in [0.29, 0.717) is 27.2 Å².